The fraction of sp³-hybridized carbons (Fsp3) is 0.529. The molecule has 0 bridgehead atoms. The van der Waals surface area contributed by atoms with E-state index in [9.17, 15) is 4.79 Å². The Morgan fingerprint density at radius 3 is 2.54 bits per heavy atom. The minimum atomic E-state index is -0.552. The van der Waals surface area contributed by atoms with Gasteiger partial charge in [-0.1, -0.05) is 12.1 Å². The molecule has 0 radical (unpaired) electrons. The summed E-state index contributed by atoms with van der Waals surface area (Å²) in [5.41, 5.74) is 12.1. The molecule has 1 unspecified atom stereocenters. The number of benzene rings is 1. The van der Waals surface area contributed by atoms with Gasteiger partial charge >= 0.3 is 5.97 Å². The predicted molar refractivity (Wildman–Crippen MR) is 103 cm³/mol. The number of unbranched alkanes of at least 4 members (excludes halogenated alkanes) is 1. The van der Waals surface area contributed by atoms with Crippen molar-refractivity contribution in [2.24, 2.45) is 5.73 Å². The number of thiocarbonyl (C=S) groups is 1. The number of carbonyl (C=O) groups excluding carboxylic acids is 1. The van der Waals surface area contributed by atoms with Crippen molar-refractivity contribution in [3.8, 4) is 0 Å². The van der Waals surface area contributed by atoms with Gasteiger partial charge in [0.2, 0.25) is 0 Å². The van der Waals surface area contributed by atoms with Crippen LogP contribution in [0.5, 0.6) is 0 Å². The zero-order valence-electron chi connectivity index (χ0n) is 14.6. The molecule has 1 aromatic rings. The lowest BCUT2D eigenvalue weighted by molar-refractivity contribution is -0.157. The van der Waals surface area contributed by atoms with Gasteiger partial charge in [0, 0.05) is 0 Å². The van der Waals surface area contributed by atoms with Crippen LogP contribution in [-0.2, 0) is 9.53 Å². The van der Waals surface area contributed by atoms with Gasteiger partial charge in [0.05, 0.1) is 11.4 Å². The first-order chi connectivity index (χ1) is 11.2. The molecule has 0 aliphatic carbocycles. The van der Waals surface area contributed by atoms with Crippen molar-refractivity contribution in [2.75, 3.05) is 17.6 Å². The lowest BCUT2D eigenvalue weighted by Gasteiger charge is -2.25. The van der Waals surface area contributed by atoms with E-state index in [1.54, 1.807) is 6.07 Å². The summed E-state index contributed by atoms with van der Waals surface area (Å²) in [4.78, 5) is 12.4. The van der Waals surface area contributed by atoms with Gasteiger partial charge in [0.25, 0.3) is 0 Å². The summed E-state index contributed by atoms with van der Waals surface area (Å²) in [7, 11) is 0. The molecule has 0 heterocycles. The molecule has 1 rings (SSSR count). The van der Waals surface area contributed by atoms with E-state index in [1.165, 1.54) is 0 Å². The second-order valence-corrected chi connectivity index (χ2v) is 6.96. The van der Waals surface area contributed by atoms with E-state index in [1.807, 2.05) is 39.0 Å². The van der Waals surface area contributed by atoms with Gasteiger partial charge in [-0.3, -0.25) is 0 Å². The molecule has 1 aromatic carbocycles. The second kappa shape index (κ2) is 9.44. The third-order valence-corrected chi connectivity index (χ3v) is 3.37. The monoisotopic (exact) mass is 352 g/mol. The highest BCUT2D eigenvalue weighted by atomic mass is 32.1. The topological polar surface area (TPSA) is 102 Å². The fourth-order valence-corrected chi connectivity index (χ4v) is 2.29. The highest BCUT2D eigenvalue weighted by molar-refractivity contribution is 7.80. The maximum absolute atomic E-state index is 12.4. The van der Waals surface area contributed by atoms with E-state index < -0.39 is 11.6 Å². The number of rotatable bonds is 7. The Morgan fingerprint density at radius 1 is 1.29 bits per heavy atom. The largest absolute Gasteiger partial charge is 0.458 e. The van der Waals surface area contributed by atoms with Crippen LogP contribution in [0.3, 0.4) is 0 Å². The van der Waals surface area contributed by atoms with Gasteiger partial charge in [-0.05, 0) is 70.9 Å². The Kier molecular flexibility index (Phi) is 7.94. The summed E-state index contributed by atoms with van der Waals surface area (Å²) in [5.74, 6) is -0.329. The Labute approximate surface area is 149 Å². The molecule has 0 aliphatic heterocycles. The molecule has 0 saturated carbocycles. The van der Waals surface area contributed by atoms with Crippen LogP contribution in [0.4, 0.5) is 11.4 Å². The summed E-state index contributed by atoms with van der Waals surface area (Å²) in [6.07, 6.45) is 2.24. The van der Waals surface area contributed by atoms with E-state index in [4.69, 9.17) is 28.4 Å². The van der Waals surface area contributed by atoms with E-state index >= 15 is 0 Å². The molecule has 6 N–H and O–H groups in total. The lowest BCUT2D eigenvalue weighted by Crippen LogP contribution is -2.45. The number of nitrogen functional groups attached to an aromatic ring is 1. The van der Waals surface area contributed by atoms with Gasteiger partial charge in [0.1, 0.15) is 11.6 Å². The zero-order chi connectivity index (χ0) is 18.2. The zero-order valence-corrected chi connectivity index (χ0v) is 15.4. The molecule has 0 aromatic heterocycles. The third-order valence-electron chi connectivity index (χ3n) is 3.15. The number of ether oxygens (including phenoxy) is 1. The number of hydrogen-bond donors (Lipinski definition) is 4. The average Bonchev–Trinajstić information content (AvgIpc) is 2.47. The number of esters is 1. The summed E-state index contributed by atoms with van der Waals surface area (Å²) >= 11 is 5.30. The fourth-order valence-electron chi connectivity index (χ4n) is 2.04. The van der Waals surface area contributed by atoms with E-state index in [-0.39, 0.29) is 5.97 Å². The summed E-state index contributed by atoms with van der Waals surface area (Å²) in [5, 5.41) is 6.37. The van der Waals surface area contributed by atoms with Gasteiger partial charge < -0.3 is 26.8 Å². The SMILES string of the molecule is CC(C)(C)OC(=O)C(CCCCN)NC(=S)Nc1ccccc1N. The maximum atomic E-state index is 12.4. The Hall–Kier alpha value is -1.86. The number of nitrogens with one attached hydrogen (secondary N) is 2. The summed E-state index contributed by atoms with van der Waals surface area (Å²) in [6, 6.07) is 6.76. The molecule has 24 heavy (non-hydrogen) atoms. The molecule has 7 heteroatoms. The van der Waals surface area contributed by atoms with Crippen LogP contribution in [0.15, 0.2) is 24.3 Å². The van der Waals surface area contributed by atoms with Crippen LogP contribution in [-0.4, -0.2) is 29.3 Å². The van der Waals surface area contributed by atoms with Crippen LogP contribution < -0.4 is 22.1 Å². The Morgan fingerprint density at radius 2 is 1.96 bits per heavy atom. The Bertz CT molecular complexity index is 558. The normalized spacial score (nSPS) is 12.3. The molecule has 0 fully saturated rings. The van der Waals surface area contributed by atoms with Crippen molar-refractivity contribution in [1.82, 2.24) is 5.32 Å². The van der Waals surface area contributed by atoms with Gasteiger partial charge in [-0.25, -0.2) is 4.79 Å². The smallest absolute Gasteiger partial charge is 0.329 e. The average molecular weight is 353 g/mol. The molecule has 1 atom stereocenters. The quantitative estimate of drug-likeness (QED) is 0.259. The third kappa shape index (κ3) is 7.61. The van der Waals surface area contributed by atoms with Gasteiger partial charge in [-0.2, -0.15) is 0 Å². The van der Waals surface area contributed by atoms with E-state index in [0.29, 0.717) is 29.5 Å². The lowest BCUT2D eigenvalue weighted by atomic mass is 10.1. The maximum Gasteiger partial charge on any atom is 0.329 e. The van der Waals surface area contributed by atoms with Gasteiger partial charge in [-0.15, -0.1) is 0 Å². The number of para-hydroxylation sites is 2. The first-order valence-electron chi connectivity index (χ1n) is 8.08. The predicted octanol–water partition coefficient (Wildman–Crippen LogP) is 2.39. The molecule has 6 nitrogen and oxygen atoms in total. The van der Waals surface area contributed by atoms with Gasteiger partial charge in [0.15, 0.2) is 5.11 Å². The number of hydrogen-bond acceptors (Lipinski definition) is 5. The molecular formula is C17H28N4O2S. The van der Waals surface area contributed by atoms with Crippen molar-refractivity contribution in [1.29, 1.82) is 0 Å². The van der Waals surface area contributed by atoms with Crippen molar-refractivity contribution in [3.63, 3.8) is 0 Å². The number of nitrogens with two attached hydrogens (primary N) is 2. The molecular weight excluding hydrogens is 324 g/mol. The van der Waals surface area contributed by atoms with Crippen molar-refractivity contribution >= 4 is 34.7 Å². The highest BCUT2D eigenvalue weighted by Crippen LogP contribution is 2.17. The molecule has 0 amide bonds. The summed E-state index contributed by atoms with van der Waals surface area (Å²) in [6.45, 7) is 6.10. The van der Waals surface area contributed by atoms with E-state index in [2.05, 4.69) is 10.6 Å². The standard InChI is InChI=1S/C17H28N4O2S/c1-17(2,3)23-15(22)14(10-6-7-11-18)21-16(24)20-13-9-5-4-8-12(13)19/h4-5,8-9,14H,6-7,10-11,18-19H2,1-3H3,(H2,20,21,24). The van der Waals surface area contributed by atoms with Crippen LogP contribution in [0, 0.1) is 0 Å². The molecule has 134 valence electrons. The molecule has 0 saturated heterocycles. The number of anilines is 2. The van der Waals surface area contributed by atoms with Crippen LogP contribution in [0.1, 0.15) is 40.0 Å². The molecule has 0 aliphatic rings. The summed E-state index contributed by atoms with van der Waals surface area (Å²) < 4.78 is 5.46. The van der Waals surface area contributed by atoms with Crippen LogP contribution in [0.2, 0.25) is 0 Å². The van der Waals surface area contributed by atoms with Crippen molar-refractivity contribution < 1.29 is 9.53 Å². The first-order valence-corrected chi connectivity index (χ1v) is 8.48. The first kappa shape index (κ1) is 20.2. The molecule has 0 spiro atoms. The van der Waals surface area contributed by atoms with Crippen LogP contribution >= 0.6 is 12.2 Å². The van der Waals surface area contributed by atoms with Crippen molar-refractivity contribution in [2.45, 2.75) is 51.7 Å². The van der Waals surface area contributed by atoms with Crippen molar-refractivity contribution in [3.05, 3.63) is 24.3 Å². The minimum absolute atomic E-state index is 0.329. The number of carbonyl (C=O) groups is 1. The highest BCUT2D eigenvalue weighted by Gasteiger charge is 2.25. The van der Waals surface area contributed by atoms with E-state index in [0.717, 1.165) is 12.8 Å². The Balaban J connectivity index is 2.70. The van der Waals surface area contributed by atoms with Crippen LogP contribution in [0.25, 0.3) is 0 Å². The second-order valence-electron chi connectivity index (χ2n) is 6.56. The minimum Gasteiger partial charge on any atom is -0.458 e.